The fourth-order valence-electron chi connectivity index (χ4n) is 10.4. The number of phenols is 1. The van der Waals surface area contributed by atoms with Gasteiger partial charge in [-0.15, -0.1) is 12.4 Å². The molecule has 3 N–H and O–H groups in total. The SMILES string of the molecule is CC(=O)COc1cc(CC2CCN(C(=O)OC(C)(C)C)CC2)ccc1Br.CC(=O)COc1cc(CC2CCNCC2)ccc1Br.CC(C)(C)OC(=O)N1CCC(Cc2ccc(Br)c(O)c2)CC1.COCCOc1cc(CC2CCNCC2)ccc1Br.Cl. The Morgan fingerprint density at radius 2 is 0.793 bits per heavy atom. The van der Waals surface area contributed by atoms with Crippen LogP contribution in [0.1, 0.15) is 129 Å². The number of likely N-dealkylation sites (tertiary alicyclic amines) is 2. The maximum absolute atomic E-state index is 12.1. The summed E-state index contributed by atoms with van der Waals surface area (Å²) in [5.74, 6) is 5.32. The van der Waals surface area contributed by atoms with Crippen molar-refractivity contribution in [3.05, 3.63) is 113 Å². The van der Waals surface area contributed by atoms with Gasteiger partial charge in [-0.25, -0.2) is 9.59 Å². The van der Waals surface area contributed by atoms with Gasteiger partial charge in [0.05, 0.1) is 24.5 Å². The van der Waals surface area contributed by atoms with Gasteiger partial charge in [-0.05, 0) is 317 Å². The Bertz CT molecular complexity index is 2750. The predicted molar refractivity (Wildman–Crippen MR) is 362 cm³/mol. The highest BCUT2D eigenvalue weighted by Crippen LogP contribution is 2.33. The number of benzene rings is 4. The number of halogens is 5. The Balaban J connectivity index is 0.000000249. The number of ether oxygens (including phenoxy) is 6. The zero-order valence-electron chi connectivity index (χ0n) is 52.6. The van der Waals surface area contributed by atoms with E-state index in [1.54, 1.807) is 16.9 Å². The molecule has 0 atom stereocenters. The van der Waals surface area contributed by atoms with E-state index in [9.17, 15) is 24.3 Å². The fraction of sp³-hybridized carbons (Fsp3) is 0.582. The number of piperidine rings is 4. The number of carbonyl (C=O) groups is 4. The molecule has 20 heteroatoms. The molecule has 4 aromatic rings. The van der Waals surface area contributed by atoms with Crippen molar-refractivity contribution >= 4 is 99.9 Å². The number of nitrogens with zero attached hydrogens (tertiary/aromatic N) is 2. The first kappa shape index (κ1) is 75.5. The average molecular weight is 1490 g/mol. The van der Waals surface area contributed by atoms with Crippen molar-refractivity contribution in [1.82, 2.24) is 20.4 Å². The zero-order chi connectivity index (χ0) is 62.8. The minimum Gasteiger partial charge on any atom is -0.507 e. The molecule has 4 aliphatic heterocycles. The standard InChI is InChI=1S/C20H28BrNO4.C17H24BrNO3.C15H20BrNO2.C15H22BrNO2.ClH/c1-14(23)13-25-18-12-16(5-6-17(18)21)11-15-7-9-22(10-8-15)19(24)26-20(2,3)4;1-17(2,3)22-16(21)19-8-6-12(7-9-19)10-13-4-5-14(18)15(20)11-13;1-11(18)10-19-15-9-13(2-3-14(15)16)8-12-4-6-17-7-5-12;1-18-8-9-19-15-11-13(2-3-14(15)16)10-12-4-6-17-7-5-12;/h5-6,12,15H,7-11,13H2,1-4H3;4-5,11-12,20H,6-10H2,1-3H3;2-3,9,12,17H,4-8,10H2,1H3;2-3,11-12,17H,4-10H2,1H3;1H. The van der Waals surface area contributed by atoms with Gasteiger partial charge >= 0.3 is 12.2 Å². The summed E-state index contributed by atoms with van der Waals surface area (Å²) < 4.78 is 36.1. The molecule has 0 radical (unpaired) electrons. The molecule has 484 valence electrons. The highest BCUT2D eigenvalue weighted by Gasteiger charge is 2.29. The van der Waals surface area contributed by atoms with E-state index in [1.165, 1.54) is 56.2 Å². The van der Waals surface area contributed by atoms with E-state index in [4.69, 9.17) is 28.4 Å². The minimum absolute atomic E-state index is 0. The molecule has 4 aliphatic rings. The number of rotatable bonds is 18. The summed E-state index contributed by atoms with van der Waals surface area (Å²) >= 11 is 13.7. The highest BCUT2D eigenvalue weighted by molar-refractivity contribution is 9.11. The lowest BCUT2D eigenvalue weighted by molar-refractivity contribution is -0.119. The molecule has 4 heterocycles. The lowest BCUT2D eigenvalue weighted by atomic mass is 9.90. The van der Waals surface area contributed by atoms with Gasteiger partial charge in [0.25, 0.3) is 0 Å². The van der Waals surface area contributed by atoms with E-state index in [-0.39, 0.29) is 55.1 Å². The second-order valence-electron chi connectivity index (χ2n) is 24.9. The van der Waals surface area contributed by atoms with E-state index in [1.807, 2.05) is 77.9 Å². The number of phenolic OH excluding ortho intramolecular Hbond substituents is 1. The lowest BCUT2D eigenvalue weighted by Crippen LogP contribution is -2.42. The normalized spacial score (nSPS) is 16.1. The van der Waals surface area contributed by atoms with Crippen LogP contribution in [-0.4, -0.2) is 136 Å². The fourth-order valence-corrected chi connectivity index (χ4v) is 11.8. The number of nitrogens with one attached hydrogen (secondary N) is 2. The molecule has 0 unspecified atom stereocenters. The van der Waals surface area contributed by atoms with Crippen LogP contribution in [-0.2, 0) is 49.5 Å². The van der Waals surface area contributed by atoms with Crippen LogP contribution < -0.4 is 24.8 Å². The van der Waals surface area contributed by atoms with Crippen molar-refractivity contribution in [3.8, 4) is 23.0 Å². The van der Waals surface area contributed by atoms with Crippen LogP contribution in [0.25, 0.3) is 0 Å². The zero-order valence-corrected chi connectivity index (χ0v) is 59.7. The van der Waals surface area contributed by atoms with Crippen LogP contribution in [0, 0.1) is 23.7 Å². The number of Topliss-reactive ketones (excluding diaryl/α,β-unsaturated/α-hetero) is 2. The summed E-state index contributed by atoms with van der Waals surface area (Å²) in [6, 6.07) is 24.4. The molecule has 15 nitrogen and oxygen atoms in total. The Morgan fingerprint density at radius 3 is 1.10 bits per heavy atom. The summed E-state index contributed by atoms with van der Waals surface area (Å²) in [7, 11) is 1.69. The molecule has 0 spiro atoms. The first-order valence-electron chi connectivity index (χ1n) is 30.4. The average Bonchev–Trinajstić information content (AvgIpc) is 3.62. The molecule has 8 rings (SSSR count). The van der Waals surface area contributed by atoms with Gasteiger partial charge in [-0.3, -0.25) is 9.59 Å². The molecule has 4 saturated heterocycles. The quantitative estimate of drug-likeness (QED) is 0.0804. The van der Waals surface area contributed by atoms with Crippen LogP contribution in [0.4, 0.5) is 9.59 Å². The van der Waals surface area contributed by atoms with Crippen LogP contribution in [0.15, 0.2) is 90.7 Å². The molecule has 0 saturated carbocycles. The van der Waals surface area contributed by atoms with Crippen LogP contribution in [0.2, 0.25) is 0 Å². The van der Waals surface area contributed by atoms with Crippen LogP contribution in [0.5, 0.6) is 23.0 Å². The van der Waals surface area contributed by atoms with Gasteiger partial charge in [-0.2, -0.15) is 0 Å². The van der Waals surface area contributed by atoms with Crippen LogP contribution >= 0.6 is 76.1 Å². The van der Waals surface area contributed by atoms with Gasteiger partial charge in [0.2, 0.25) is 0 Å². The lowest BCUT2D eigenvalue weighted by Gasteiger charge is -2.33. The van der Waals surface area contributed by atoms with Crippen LogP contribution in [0.3, 0.4) is 0 Å². The van der Waals surface area contributed by atoms with Gasteiger partial charge < -0.3 is 54.0 Å². The molecular formula is C67H95Br4ClN4O11. The number of hydrogen-bond donors (Lipinski definition) is 3. The summed E-state index contributed by atoms with van der Waals surface area (Å²) in [4.78, 5) is 49.9. The number of aromatic hydroxyl groups is 1. The van der Waals surface area contributed by atoms with E-state index in [2.05, 4.69) is 111 Å². The third-order valence-electron chi connectivity index (χ3n) is 15.0. The second-order valence-corrected chi connectivity index (χ2v) is 28.3. The summed E-state index contributed by atoms with van der Waals surface area (Å²) in [5.41, 5.74) is 4.07. The second kappa shape index (κ2) is 38.7. The first-order chi connectivity index (χ1) is 40.8. The molecule has 0 aliphatic carbocycles. The van der Waals surface area contributed by atoms with Crippen molar-refractivity contribution < 1.29 is 52.7 Å². The Kier molecular flexibility index (Phi) is 33.6. The van der Waals surface area contributed by atoms with Crippen molar-refractivity contribution in [2.24, 2.45) is 23.7 Å². The number of carbonyl (C=O) groups excluding carboxylic acids is 4. The molecule has 87 heavy (non-hydrogen) atoms. The Hall–Kier alpha value is -3.95. The third-order valence-corrected chi connectivity index (χ3v) is 17.6. The number of ketones is 2. The molecule has 4 aromatic carbocycles. The van der Waals surface area contributed by atoms with E-state index >= 15 is 0 Å². The Morgan fingerprint density at radius 1 is 0.483 bits per heavy atom. The van der Waals surface area contributed by atoms with E-state index < -0.39 is 11.2 Å². The van der Waals surface area contributed by atoms with E-state index in [0.29, 0.717) is 30.8 Å². The maximum Gasteiger partial charge on any atom is 0.410 e. The van der Waals surface area contributed by atoms with Gasteiger partial charge in [0.15, 0.2) is 11.6 Å². The van der Waals surface area contributed by atoms with Crippen molar-refractivity contribution in [2.45, 2.75) is 144 Å². The summed E-state index contributed by atoms with van der Waals surface area (Å²) in [5, 5.41) is 16.5. The predicted octanol–water partition coefficient (Wildman–Crippen LogP) is 15.3. The Labute approximate surface area is 558 Å². The molecular weight excluding hydrogens is 1390 g/mol. The number of amides is 2. The molecule has 2 amide bonds. The monoisotopic (exact) mass is 1480 g/mol. The molecule has 0 bridgehead atoms. The van der Waals surface area contributed by atoms with Crippen molar-refractivity contribution in [1.29, 1.82) is 0 Å². The largest absolute Gasteiger partial charge is 0.507 e. The van der Waals surface area contributed by atoms with Gasteiger partial charge in [-0.1, -0.05) is 24.3 Å². The minimum atomic E-state index is -0.457. The molecule has 0 aromatic heterocycles. The van der Waals surface area contributed by atoms with Crippen molar-refractivity contribution in [3.63, 3.8) is 0 Å². The first-order valence-corrected chi connectivity index (χ1v) is 33.6. The summed E-state index contributed by atoms with van der Waals surface area (Å²) in [6.45, 7) is 23.3. The van der Waals surface area contributed by atoms with Gasteiger partial charge in [0.1, 0.15) is 54.0 Å². The maximum atomic E-state index is 12.1. The topological polar surface area (TPSA) is 174 Å². The smallest absolute Gasteiger partial charge is 0.410 e. The van der Waals surface area contributed by atoms with E-state index in [0.717, 1.165) is 151 Å². The van der Waals surface area contributed by atoms with Gasteiger partial charge in [0, 0.05) is 33.3 Å². The van der Waals surface area contributed by atoms with Crippen molar-refractivity contribution in [2.75, 3.05) is 85.9 Å². The molecule has 4 fully saturated rings. The summed E-state index contributed by atoms with van der Waals surface area (Å²) in [6.07, 6.45) is 12.5. The third kappa shape index (κ3) is 29.7. The number of methoxy groups -OCH3 is 1. The number of hydrogen-bond acceptors (Lipinski definition) is 13. The highest BCUT2D eigenvalue weighted by atomic mass is 79.9.